The highest BCUT2D eigenvalue weighted by Crippen LogP contribution is 2.61. The van der Waals surface area contributed by atoms with Crippen LogP contribution in [-0.2, 0) is 9.53 Å². The zero-order valence-electron chi connectivity index (χ0n) is 14.3. The van der Waals surface area contributed by atoms with E-state index in [-0.39, 0.29) is 25.7 Å². The number of ether oxygens (including phenoxy) is 1. The van der Waals surface area contributed by atoms with Crippen molar-refractivity contribution in [1.82, 2.24) is 0 Å². The van der Waals surface area contributed by atoms with E-state index in [9.17, 15) is 25.2 Å². The Balaban J connectivity index is 2.34. The molecule has 0 amide bonds. The molecule has 2 saturated carbocycles. The van der Waals surface area contributed by atoms with Crippen LogP contribution in [0.3, 0.4) is 0 Å². The van der Waals surface area contributed by atoms with Gasteiger partial charge in [-0.1, -0.05) is 13.8 Å². The molecule has 0 radical (unpaired) electrons. The van der Waals surface area contributed by atoms with Crippen LogP contribution in [0.5, 0.6) is 0 Å². The molecule has 0 aliphatic heterocycles. The second kappa shape index (κ2) is 6.31. The normalized spacial score (nSPS) is 47.0. The Morgan fingerprint density at radius 1 is 1.22 bits per heavy atom. The number of carbonyl (C=O) groups is 1. The first-order valence-electron chi connectivity index (χ1n) is 8.39. The average Bonchev–Trinajstić information content (AvgIpc) is 2.49. The number of aliphatic hydroxyl groups excluding tert-OH is 3. The number of rotatable bonds is 4. The third-order valence-corrected chi connectivity index (χ3v) is 6.67. The zero-order chi connectivity index (χ0) is 17.5. The van der Waals surface area contributed by atoms with Crippen LogP contribution in [0.1, 0.15) is 46.5 Å². The van der Waals surface area contributed by atoms with Crippen LogP contribution in [0.15, 0.2) is 0 Å². The Morgan fingerprint density at radius 3 is 2.39 bits per heavy atom. The molecule has 2 aliphatic carbocycles. The molecule has 0 aromatic heterocycles. The smallest absolute Gasteiger partial charge is 0.302 e. The lowest BCUT2D eigenvalue weighted by Crippen LogP contribution is -2.64. The van der Waals surface area contributed by atoms with Crippen LogP contribution in [0.25, 0.3) is 0 Å². The molecule has 6 nitrogen and oxygen atoms in total. The summed E-state index contributed by atoms with van der Waals surface area (Å²) in [6, 6.07) is 0. The van der Waals surface area contributed by atoms with E-state index in [2.05, 4.69) is 0 Å². The minimum absolute atomic E-state index is 0.0153. The predicted molar refractivity (Wildman–Crippen MR) is 83.4 cm³/mol. The number of aliphatic hydroxyl groups is 4. The lowest BCUT2D eigenvalue weighted by Gasteiger charge is -2.62. The van der Waals surface area contributed by atoms with E-state index in [1.54, 1.807) is 0 Å². The lowest BCUT2D eigenvalue weighted by atomic mass is 9.44. The molecule has 0 spiro atoms. The van der Waals surface area contributed by atoms with E-state index in [4.69, 9.17) is 4.74 Å². The van der Waals surface area contributed by atoms with Crippen LogP contribution in [0, 0.1) is 22.7 Å². The molecule has 2 aliphatic rings. The quantitative estimate of drug-likeness (QED) is 0.558. The van der Waals surface area contributed by atoms with Gasteiger partial charge in [0, 0.05) is 24.9 Å². The maximum absolute atomic E-state index is 11.1. The molecule has 6 heteroatoms. The van der Waals surface area contributed by atoms with Crippen LogP contribution in [-0.4, -0.2) is 57.9 Å². The number of hydrogen-bond donors (Lipinski definition) is 4. The highest BCUT2D eigenvalue weighted by Gasteiger charge is 2.62. The van der Waals surface area contributed by atoms with Crippen molar-refractivity contribution in [3.63, 3.8) is 0 Å². The third kappa shape index (κ3) is 2.90. The second-order valence-corrected chi connectivity index (χ2v) is 7.93. The van der Waals surface area contributed by atoms with Crippen molar-refractivity contribution < 1.29 is 30.0 Å². The number of fused-ring (bicyclic) bond motifs is 1. The SMILES string of the molecule is CC(=O)OC[C@@]1(O)CCC2[C@](C)(CO)[C@H](O)CC[C@@]2(C)[C@@H]1CO. The van der Waals surface area contributed by atoms with E-state index in [1.807, 2.05) is 13.8 Å². The van der Waals surface area contributed by atoms with Crippen molar-refractivity contribution in [3.8, 4) is 0 Å². The van der Waals surface area contributed by atoms with E-state index < -0.39 is 34.4 Å². The fourth-order valence-corrected chi connectivity index (χ4v) is 5.19. The minimum atomic E-state index is -1.27. The molecule has 23 heavy (non-hydrogen) atoms. The maximum Gasteiger partial charge on any atom is 0.302 e. The van der Waals surface area contributed by atoms with Gasteiger partial charge in [-0.05, 0) is 37.0 Å². The summed E-state index contributed by atoms with van der Waals surface area (Å²) in [6.45, 7) is 4.71. The Labute approximate surface area is 137 Å². The average molecular weight is 330 g/mol. The van der Waals surface area contributed by atoms with Crippen molar-refractivity contribution >= 4 is 5.97 Å². The standard InChI is InChI=1S/C17H30O6/c1-11(20)23-10-17(22)7-4-12-15(2,13(17)8-18)6-5-14(21)16(12,3)9-19/h12-14,18-19,21-22H,4-10H2,1-3H3/t12?,13-,14+,15+,16-,17-/m0/s1. The van der Waals surface area contributed by atoms with E-state index in [0.29, 0.717) is 25.7 Å². The van der Waals surface area contributed by atoms with Gasteiger partial charge in [0.05, 0.1) is 12.7 Å². The molecule has 2 fully saturated rings. The van der Waals surface area contributed by atoms with E-state index in [1.165, 1.54) is 6.92 Å². The van der Waals surface area contributed by atoms with Crippen molar-refractivity contribution in [1.29, 1.82) is 0 Å². The Morgan fingerprint density at radius 2 is 1.87 bits per heavy atom. The largest absolute Gasteiger partial charge is 0.463 e. The number of esters is 1. The summed E-state index contributed by atoms with van der Waals surface area (Å²) >= 11 is 0. The van der Waals surface area contributed by atoms with Gasteiger partial charge in [0.25, 0.3) is 0 Å². The lowest BCUT2D eigenvalue weighted by molar-refractivity contribution is -0.231. The number of carbonyl (C=O) groups excluding carboxylic acids is 1. The summed E-state index contributed by atoms with van der Waals surface area (Å²) in [5, 5.41) is 41.3. The summed E-state index contributed by atoms with van der Waals surface area (Å²) in [4.78, 5) is 11.1. The van der Waals surface area contributed by atoms with E-state index >= 15 is 0 Å². The van der Waals surface area contributed by atoms with Gasteiger partial charge in [0.2, 0.25) is 0 Å². The number of hydrogen-bond acceptors (Lipinski definition) is 6. The molecule has 0 saturated heterocycles. The Kier molecular flexibility index (Phi) is 5.12. The maximum atomic E-state index is 11.1. The van der Waals surface area contributed by atoms with Gasteiger partial charge in [0.15, 0.2) is 0 Å². The Hall–Kier alpha value is -0.690. The highest BCUT2D eigenvalue weighted by atomic mass is 16.5. The fourth-order valence-electron chi connectivity index (χ4n) is 5.19. The van der Waals surface area contributed by atoms with Gasteiger partial charge >= 0.3 is 5.97 Å². The highest BCUT2D eigenvalue weighted by molar-refractivity contribution is 5.65. The van der Waals surface area contributed by atoms with Gasteiger partial charge in [0.1, 0.15) is 12.2 Å². The molecule has 4 N–H and O–H groups in total. The molecular weight excluding hydrogens is 300 g/mol. The molecule has 0 aromatic carbocycles. The van der Waals surface area contributed by atoms with Crippen LogP contribution >= 0.6 is 0 Å². The molecule has 2 rings (SSSR count). The van der Waals surface area contributed by atoms with Gasteiger partial charge in [-0.2, -0.15) is 0 Å². The molecular formula is C17H30O6. The van der Waals surface area contributed by atoms with Crippen molar-refractivity contribution in [2.75, 3.05) is 19.8 Å². The summed E-state index contributed by atoms with van der Waals surface area (Å²) < 4.78 is 5.04. The molecule has 1 unspecified atom stereocenters. The first-order valence-corrected chi connectivity index (χ1v) is 8.39. The molecule has 6 atom stereocenters. The molecule has 0 bridgehead atoms. The molecule has 0 aromatic rings. The van der Waals surface area contributed by atoms with Crippen LogP contribution in [0.2, 0.25) is 0 Å². The minimum Gasteiger partial charge on any atom is -0.463 e. The predicted octanol–water partition coefficient (Wildman–Crippen LogP) is 0.459. The zero-order valence-corrected chi connectivity index (χ0v) is 14.3. The topological polar surface area (TPSA) is 107 Å². The van der Waals surface area contributed by atoms with Crippen LogP contribution < -0.4 is 0 Å². The monoisotopic (exact) mass is 330 g/mol. The van der Waals surface area contributed by atoms with Gasteiger partial charge in [-0.15, -0.1) is 0 Å². The summed E-state index contributed by atoms with van der Waals surface area (Å²) in [7, 11) is 0. The van der Waals surface area contributed by atoms with Gasteiger partial charge in [-0.3, -0.25) is 4.79 Å². The summed E-state index contributed by atoms with van der Waals surface area (Å²) in [5.74, 6) is -0.938. The van der Waals surface area contributed by atoms with Crippen LogP contribution in [0.4, 0.5) is 0 Å². The fraction of sp³-hybridized carbons (Fsp3) is 0.941. The molecule has 0 heterocycles. The summed E-state index contributed by atoms with van der Waals surface area (Å²) in [6.07, 6.45) is 1.56. The first-order chi connectivity index (χ1) is 10.6. The van der Waals surface area contributed by atoms with E-state index in [0.717, 1.165) is 0 Å². The van der Waals surface area contributed by atoms with Crippen molar-refractivity contribution in [3.05, 3.63) is 0 Å². The van der Waals surface area contributed by atoms with Crippen molar-refractivity contribution in [2.45, 2.75) is 58.2 Å². The van der Waals surface area contributed by atoms with Gasteiger partial charge in [-0.25, -0.2) is 0 Å². The van der Waals surface area contributed by atoms with Crippen molar-refractivity contribution in [2.24, 2.45) is 22.7 Å². The first kappa shape index (κ1) is 18.6. The summed E-state index contributed by atoms with van der Waals surface area (Å²) in [5.41, 5.74) is -2.36. The van der Waals surface area contributed by atoms with Gasteiger partial charge < -0.3 is 25.2 Å². The third-order valence-electron chi connectivity index (χ3n) is 6.67. The Bertz CT molecular complexity index is 454. The second-order valence-electron chi connectivity index (χ2n) is 7.93. The molecule has 134 valence electrons.